The molecule has 0 saturated heterocycles. The van der Waals surface area contributed by atoms with Gasteiger partial charge in [-0.1, -0.05) is 0 Å². The van der Waals surface area contributed by atoms with Crippen molar-refractivity contribution < 1.29 is 49.1 Å². The Labute approximate surface area is 217 Å². The summed E-state index contributed by atoms with van der Waals surface area (Å²) in [7, 11) is 7.36. The number of methoxy groups -OCH3 is 1. The number of hydrogen-bond donors (Lipinski definition) is 5. The predicted molar refractivity (Wildman–Crippen MR) is 131 cm³/mol. The molecule has 204 valence electrons. The highest BCUT2D eigenvalue weighted by Gasteiger charge is 2.69. The highest BCUT2D eigenvalue weighted by molar-refractivity contribution is 6.24. The molecule has 1 saturated carbocycles. The Balaban J connectivity index is 2.10. The number of ketones is 2. The number of nitrogens with two attached hydrogens (primary N) is 1. The molecule has 6 N–H and O–H groups in total. The second kappa shape index (κ2) is 9.03. The van der Waals surface area contributed by atoms with Crippen molar-refractivity contribution in [2.45, 2.75) is 24.2 Å². The quantitative estimate of drug-likeness (QED) is 0.253. The van der Waals surface area contributed by atoms with Crippen LogP contribution in [0.4, 0.5) is 10.5 Å². The van der Waals surface area contributed by atoms with Gasteiger partial charge in [-0.15, -0.1) is 0 Å². The van der Waals surface area contributed by atoms with E-state index in [4.69, 9.17) is 10.5 Å². The number of carbonyl (C=O) groups is 4. The first-order valence-corrected chi connectivity index (χ1v) is 11.6. The Kier molecular flexibility index (Phi) is 6.40. The topological polar surface area (TPSA) is 200 Å². The van der Waals surface area contributed by atoms with Crippen LogP contribution in [0.15, 0.2) is 29.0 Å². The number of hydrogen-bond acceptors (Lipinski definition) is 12. The van der Waals surface area contributed by atoms with Crippen molar-refractivity contribution in [2.24, 2.45) is 17.6 Å². The molecule has 0 spiro atoms. The number of ether oxygens (including phenoxy) is 2. The third-order valence-electron chi connectivity index (χ3n) is 7.51. The number of nitrogens with zero attached hydrogens (tertiary/aromatic N) is 2. The number of likely N-dealkylation sites (N-methyl/N-ethyl adjacent to an activating group) is 1. The van der Waals surface area contributed by atoms with Gasteiger partial charge in [-0.05, 0) is 38.2 Å². The molecule has 1 fully saturated rings. The van der Waals surface area contributed by atoms with E-state index in [1.54, 1.807) is 25.1 Å². The minimum absolute atomic E-state index is 0.0713. The summed E-state index contributed by atoms with van der Waals surface area (Å²) in [6.07, 6.45) is -2.81. The Morgan fingerprint density at radius 3 is 2.26 bits per heavy atom. The van der Waals surface area contributed by atoms with Crippen molar-refractivity contribution >= 4 is 35.1 Å². The largest absolute Gasteiger partial charge is 0.508 e. The first-order chi connectivity index (χ1) is 17.7. The van der Waals surface area contributed by atoms with Gasteiger partial charge >= 0.3 is 6.16 Å². The number of fused-ring (bicyclic) bond motifs is 3. The molecule has 13 heteroatoms. The van der Waals surface area contributed by atoms with Gasteiger partial charge in [0.2, 0.25) is 5.78 Å². The highest BCUT2D eigenvalue weighted by atomic mass is 16.7. The minimum Gasteiger partial charge on any atom is -0.508 e. The fourth-order valence-electron chi connectivity index (χ4n) is 5.95. The molecule has 3 aliphatic rings. The maximum absolute atomic E-state index is 14.0. The van der Waals surface area contributed by atoms with Crippen molar-refractivity contribution in [3.05, 3.63) is 40.2 Å². The third kappa shape index (κ3) is 3.53. The van der Waals surface area contributed by atoms with E-state index in [-0.39, 0.29) is 17.7 Å². The van der Waals surface area contributed by atoms with Gasteiger partial charge in [0.25, 0.3) is 5.91 Å². The Morgan fingerprint density at radius 1 is 1.11 bits per heavy atom. The lowest BCUT2D eigenvalue weighted by Crippen LogP contribution is -2.70. The first-order valence-electron chi connectivity index (χ1n) is 11.6. The molecule has 1 aromatic rings. The lowest BCUT2D eigenvalue weighted by atomic mass is 9.56. The van der Waals surface area contributed by atoms with Gasteiger partial charge in [0, 0.05) is 31.3 Å². The van der Waals surface area contributed by atoms with Crippen LogP contribution in [0.2, 0.25) is 0 Å². The second-order valence-corrected chi connectivity index (χ2v) is 9.94. The summed E-state index contributed by atoms with van der Waals surface area (Å²) in [5.41, 5.74) is 1.81. The van der Waals surface area contributed by atoms with E-state index < -0.39 is 75.9 Å². The fourth-order valence-corrected chi connectivity index (χ4v) is 5.95. The van der Waals surface area contributed by atoms with Crippen LogP contribution in [-0.4, -0.2) is 102 Å². The van der Waals surface area contributed by atoms with E-state index in [2.05, 4.69) is 4.74 Å². The molecule has 0 aliphatic heterocycles. The maximum Gasteiger partial charge on any atom is 0.508 e. The molecule has 0 aromatic heterocycles. The van der Waals surface area contributed by atoms with Crippen molar-refractivity contribution in [2.75, 3.05) is 40.2 Å². The van der Waals surface area contributed by atoms with Gasteiger partial charge in [-0.2, -0.15) is 0 Å². The highest BCUT2D eigenvalue weighted by Crippen LogP contribution is 2.54. The summed E-state index contributed by atoms with van der Waals surface area (Å²) in [5.74, 6) is -8.75. The zero-order chi connectivity index (χ0) is 28.4. The van der Waals surface area contributed by atoms with Crippen LogP contribution in [0, 0.1) is 11.8 Å². The standard InChI is InChI=1S/C25H29N3O10/c1-27(2)11-6-7-12(29)13-9(11)8-10-14(18(13)30)21(32)25(36)16(20(10)38-24(35)37-5)17(28(3)4)19(31)15(22(25)33)23(26)34/h6-7,10,16-17,20,29-30,33,36H,8H2,1-5H3,(H2,26,34)/t10-,16-,17+,20+,25+/m1/s1. The molecule has 13 nitrogen and oxygen atoms in total. The van der Waals surface area contributed by atoms with Crippen LogP contribution >= 0.6 is 0 Å². The molecule has 38 heavy (non-hydrogen) atoms. The van der Waals surface area contributed by atoms with Crippen molar-refractivity contribution in [1.29, 1.82) is 0 Å². The van der Waals surface area contributed by atoms with Crippen LogP contribution in [0.5, 0.6) is 5.75 Å². The summed E-state index contributed by atoms with van der Waals surface area (Å²) in [4.78, 5) is 55.0. The summed E-state index contributed by atoms with van der Waals surface area (Å²) in [6.45, 7) is 0. The number of benzene rings is 1. The summed E-state index contributed by atoms with van der Waals surface area (Å²) in [6, 6.07) is 1.46. The van der Waals surface area contributed by atoms with Crippen molar-refractivity contribution in [3.8, 4) is 5.75 Å². The SMILES string of the molecule is COC(=O)O[C@@H]1[C@H]2[C@H](N(C)C)C(=O)C(C(N)=O)=C(O)[C@@]2(O)C(=O)C2=C(O)c3c(O)ccc(N(C)C)c3C[C@H]21. The van der Waals surface area contributed by atoms with Crippen LogP contribution in [-0.2, 0) is 30.3 Å². The number of anilines is 1. The molecule has 3 aliphatic carbocycles. The molecular formula is C25H29N3O10. The second-order valence-electron chi connectivity index (χ2n) is 9.94. The number of phenolic OH excluding ortho intramolecular Hbond substituents is 1. The molecule has 0 bridgehead atoms. The van der Waals surface area contributed by atoms with Gasteiger partial charge in [-0.3, -0.25) is 19.3 Å². The van der Waals surface area contributed by atoms with E-state index in [1.165, 1.54) is 25.1 Å². The van der Waals surface area contributed by atoms with Gasteiger partial charge in [0.15, 0.2) is 11.4 Å². The normalized spacial score (nSPS) is 28.5. The molecule has 5 atom stereocenters. The number of rotatable bonds is 4. The zero-order valence-corrected chi connectivity index (χ0v) is 21.4. The Hall–Kier alpha value is -4.10. The van der Waals surface area contributed by atoms with E-state index in [1.807, 2.05) is 0 Å². The van der Waals surface area contributed by atoms with Crippen LogP contribution in [0.3, 0.4) is 0 Å². The summed E-state index contributed by atoms with van der Waals surface area (Å²) >= 11 is 0. The van der Waals surface area contributed by atoms with Gasteiger partial charge in [0.05, 0.1) is 24.6 Å². The number of aromatic hydroxyl groups is 1. The van der Waals surface area contributed by atoms with Crippen LogP contribution < -0.4 is 10.6 Å². The predicted octanol–water partition coefficient (Wildman–Crippen LogP) is -0.208. The van der Waals surface area contributed by atoms with Crippen LogP contribution in [0.25, 0.3) is 5.76 Å². The maximum atomic E-state index is 14.0. The van der Waals surface area contributed by atoms with E-state index in [9.17, 15) is 39.6 Å². The lowest BCUT2D eigenvalue weighted by Gasteiger charge is -2.53. The molecule has 4 rings (SSSR count). The molecule has 0 unspecified atom stereocenters. The number of primary amides is 1. The van der Waals surface area contributed by atoms with Crippen LogP contribution in [0.1, 0.15) is 11.1 Å². The van der Waals surface area contributed by atoms with Gasteiger partial charge < -0.3 is 40.5 Å². The number of carbonyl (C=O) groups excluding carboxylic acids is 4. The number of aliphatic hydroxyl groups excluding tert-OH is 2. The zero-order valence-electron chi connectivity index (χ0n) is 21.4. The number of phenols is 1. The van der Waals surface area contributed by atoms with E-state index in [0.29, 0.717) is 11.3 Å². The fraction of sp³-hybridized carbons (Fsp3) is 0.440. The summed E-state index contributed by atoms with van der Waals surface area (Å²) in [5, 5.41) is 44.8. The molecule has 0 radical (unpaired) electrons. The number of amides is 1. The molecule has 0 heterocycles. The average molecular weight is 532 g/mol. The van der Waals surface area contributed by atoms with E-state index >= 15 is 0 Å². The molecular weight excluding hydrogens is 502 g/mol. The molecule has 1 aromatic carbocycles. The Bertz CT molecular complexity index is 1330. The third-order valence-corrected chi connectivity index (χ3v) is 7.51. The minimum atomic E-state index is -3.00. The monoisotopic (exact) mass is 531 g/mol. The Morgan fingerprint density at radius 2 is 1.74 bits per heavy atom. The number of Topliss-reactive ketones (excluding diaryl/α,β-unsaturated/α-hetero) is 2. The van der Waals surface area contributed by atoms with Crippen molar-refractivity contribution in [1.82, 2.24) is 4.90 Å². The smallest absolute Gasteiger partial charge is 0.508 e. The average Bonchev–Trinajstić information content (AvgIpc) is 2.82. The van der Waals surface area contributed by atoms with Crippen molar-refractivity contribution in [3.63, 3.8) is 0 Å². The lowest BCUT2D eigenvalue weighted by molar-refractivity contribution is -0.170. The first kappa shape index (κ1) is 26.9. The van der Waals surface area contributed by atoms with Gasteiger partial charge in [-0.25, -0.2) is 4.79 Å². The molecule has 1 amide bonds. The van der Waals surface area contributed by atoms with Gasteiger partial charge in [0.1, 0.15) is 28.9 Å². The summed E-state index contributed by atoms with van der Waals surface area (Å²) < 4.78 is 10.2. The van der Waals surface area contributed by atoms with E-state index in [0.717, 1.165) is 7.11 Å². The number of aliphatic hydroxyl groups is 3.